The Morgan fingerprint density at radius 2 is 2.07 bits per heavy atom. The lowest BCUT2D eigenvalue weighted by atomic mass is 9.97. The van der Waals surface area contributed by atoms with Crippen molar-refractivity contribution in [1.29, 1.82) is 0 Å². The first kappa shape index (κ1) is 12.2. The van der Waals surface area contributed by atoms with Gasteiger partial charge in [0.25, 0.3) is 0 Å². The predicted octanol–water partition coefficient (Wildman–Crippen LogP) is 1.54. The van der Waals surface area contributed by atoms with Crippen LogP contribution in [0.5, 0.6) is 0 Å². The van der Waals surface area contributed by atoms with E-state index < -0.39 is 5.41 Å². The van der Waals surface area contributed by atoms with Crippen molar-refractivity contribution in [3.63, 3.8) is 0 Å². The summed E-state index contributed by atoms with van der Waals surface area (Å²) in [5.74, 6) is -0.281. The largest absolute Gasteiger partial charge is 0.367 e. The first-order valence-electron chi connectivity index (χ1n) is 5.39. The summed E-state index contributed by atoms with van der Waals surface area (Å²) in [4.78, 5) is 27.6. The van der Waals surface area contributed by atoms with E-state index in [4.69, 9.17) is 4.84 Å². The molecule has 1 aliphatic rings. The molecule has 0 radical (unpaired) electrons. The van der Waals surface area contributed by atoms with Crippen molar-refractivity contribution in [3.8, 4) is 0 Å². The third-order valence-corrected chi connectivity index (χ3v) is 2.47. The van der Waals surface area contributed by atoms with Crippen LogP contribution >= 0.6 is 0 Å². The van der Waals surface area contributed by atoms with Gasteiger partial charge in [-0.25, -0.2) is 4.79 Å². The molecular formula is C11H19NO3. The second kappa shape index (κ2) is 4.75. The highest BCUT2D eigenvalue weighted by Crippen LogP contribution is 2.20. The molecule has 4 heteroatoms. The molecule has 0 amide bonds. The minimum absolute atomic E-state index is 0.259. The zero-order valence-electron chi connectivity index (χ0n) is 9.66. The monoisotopic (exact) mass is 213 g/mol. The molecule has 0 N–H and O–H groups in total. The minimum Gasteiger partial charge on any atom is -0.367 e. The van der Waals surface area contributed by atoms with E-state index in [2.05, 4.69) is 0 Å². The number of hydrogen-bond donors (Lipinski definition) is 0. The molecule has 0 unspecified atom stereocenters. The molecule has 1 saturated heterocycles. The molecule has 1 aliphatic heterocycles. The molecule has 0 saturated carbocycles. The van der Waals surface area contributed by atoms with Crippen molar-refractivity contribution in [2.45, 2.75) is 46.1 Å². The van der Waals surface area contributed by atoms with Gasteiger partial charge in [0, 0.05) is 6.54 Å². The second-order valence-electron chi connectivity index (χ2n) is 4.97. The van der Waals surface area contributed by atoms with Crippen LogP contribution in [0.15, 0.2) is 0 Å². The van der Waals surface area contributed by atoms with Crippen LogP contribution in [0, 0.1) is 5.41 Å². The summed E-state index contributed by atoms with van der Waals surface area (Å²) in [5.41, 5.74) is -0.523. The van der Waals surface area contributed by atoms with Crippen LogP contribution < -0.4 is 0 Å². The Morgan fingerprint density at radius 3 is 2.60 bits per heavy atom. The van der Waals surface area contributed by atoms with Gasteiger partial charge in [-0.05, 0) is 40.0 Å². The Balaban J connectivity index is 2.55. The smallest absolute Gasteiger partial charge is 0.330 e. The van der Waals surface area contributed by atoms with E-state index in [-0.39, 0.29) is 12.0 Å². The first-order chi connectivity index (χ1) is 6.95. The number of aldehydes is 1. The first-order valence-corrected chi connectivity index (χ1v) is 5.39. The quantitative estimate of drug-likeness (QED) is 0.653. The van der Waals surface area contributed by atoms with Crippen molar-refractivity contribution in [2.75, 3.05) is 6.54 Å². The molecule has 1 fully saturated rings. The second-order valence-corrected chi connectivity index (χ2v) is 4.97. The summed E-state index contributed by atoms with van der Waals surface area (Å²) in [5, 5.41) is 1.52. The Bertz CT molecular complexity index is 245. The van der Waals surface area contributed by atoms with Crippen LogP contribution in [0.3, 0.4) is 0 Å². The lowest BCUT2D eigenvalue weighted by Gasteiger charge is -2.32. The topological polar surface area (TPSA) is 46.6 Å². The van der Waals surface area contributed by atoms with E-state index in [0.717, 1.165) is 25.5 Å². The van der Waals surface area contributed by atoms with E-state index in [0.29, 0.717) is 6.54 Å². The third-order valence-electron chi connectivity index (χ3n) is 2.47. The Kier molecular flexibility index (Phi) is 3.85. The highest BCUT2D eigenvalue weighted by atomic mass is 16.7. The van der Waals surface area contributed by atoms with Crippen LogP contribution in [0.4, 0.5) is 0 Å². The summed E-state index contributed by atoms with van der Waals surface area (Å²) < 4.78 is 0. The fraction of sp³-hybridized carbons (Fsp3) is 0.818. The maximum atomic E-state index is 11.6. The van der Waals surface area contributed by atoms with Crippen LogP contribution in [0.25, 0.3) is 0 Å². The summed E-state index contributed by atoms with van der Waals surface area (Å²) in [7, 11) is 0. The van der Waals surface area contributed by atoms with E-state index >= 15 is 0 Å². The zero-order valence-corrected chi connectivity index (χ0v) is 9.66. The summed E-state index contributed by atoms with van der Waals surface area (Å²) >= 11 is 0. The average Bonchev–Trinajstić information content (AvgIpc) is 2.17. The summed E-state index contributed by atoms with van der Waals surface area (Å²) in [6.45, 7) is 6.06. The normalized spacial score (nSPS) is 23.5. The lowest BCUT2D eigenvalue weighted by molar-refractivity contribution is -0.214. The summed E-state index contributed by atoms with van der Waals surface area (Å²) in [6, 6.07) is -0.259. The standard InChI is InChI=1S/C11H19NO3/c1-11(2,3)10(14)15-12-7-5-4-6-9(12)8-13/h8-9H,4-7H2,1-3H3/t9-/m1/s1. The van der Waals surface area contributed by atoms with Gasteiger partial charge in [-0.1, -0.05) is 0 Å². The molecule has 15 heavy (non-hydrogen) atoms. The molecule has 86 valence electrons. The number of hydroxylamine groups is 2. The highest BCUT2D eigenvalue weighted by Gasteiger charge is 2.30. The van der Waals surface area contributed by atoms with Gasteiger partial charge in [-0.3, -0.25) is 0 Å². The Hall–Kier alpha value is -0.900. The van der Waals surface area contributed by atoms with Gasteiger partial charge in [0.2, 0.25) is 0 Å². The number of carbonyl (C=O) groups is 2. The molecule has 0 spiro atoms. The van der Waals surface area contributed by atoms with Gasteiger partial charge in [0.15, 0.2) is 0 Å². The van der Waals surface area contributed by atoms with Crippen molar-refractivity contribution in [3.05, 3.63) is 0 Å². The fourth-order valence-corrected chi connectivity index (χ4v) is 1.42. The number of carbonyl (C=O) groups excluding carboxylic acids is 2. The zero-order chi connectivity index (χ0) is 11.5. The van der Waals surface area contributed by atoms with Crippen molar-refractivity contribution >= 4 is 12.3 Å². The highest BCUT2D eigenvalue weighted by molar-refractivity contribution is 5.75. The van der Waals surface area contributed by atoms with Gasteiger partial charge < -0.3 is 9.63 Å². The van der Waals surface area contributed by atoms with Crippen molar-refractivity contribution in [2.24, 2.45) is 5.41 Å². The van der Waals surface area contributed by atoms with E-state index in [1.54, 1.807) is 20.8 Å². The van der Waals surface area contributed by atoms with E-state index in [9.17, 15) is 9.59 Å². The maximum Gasteiger partial charge on any atom is 0.330 e. The van der Waals surface area contributed by atoms with Crippen LogP contribution in [0.1, 0.15) is 40.0 Å². The Morgan fingerprint density at radius 1 is 1.40 bits per heavy atom. The number of hydrogen-bond acceptors (Lipinski definition) is 4. The summed E-state index contributed by atoms with van der Waals surface area (Å²) in [6.07, 6.45) is 3.63. The molecule has 1 heterocycles. The number of piperidine rings is 1. The van der Waals surface area contributed by atoms with Gasteiger partial charge in [-0.2, -0.15) is 0 Å². The number of rotatable bonds is 2. The molecule has 0 aliphatic carbocycles. The van der Waals surface area contributed by atoms with Gasteiger partial charge in [0.1, 0.15) is 12.3 Å². The molecule has 0 aromatic rings. The van der Waals surface area contributed by atoms with Crippen LogP contribution in [-0.4, -0.2) is 29.9 Å². The maximum absolute atomic E-state index is 11.6. The average molecular weight is 213 g/mol. The minimum atomic E-state index is -0.523. The van der Waals surface area contributed by atoms with Crippen LogP contribution in [-0.2, 0) is 14.4 Å². The fourth-order valence-electron chi connectivity index (χ4n) is 1.42. The van der Waals surface area contributed by atoms with E-state index in [1.807, 2.05) is 0 Å². The molecule has 0 aromatic heterocycles. The van der Waals surface area contributed by atoms with Crippen molar-refractivity contribution in [1.82, 2.24) is 5.06 Å². The molecule has 0 aromatic carbocycles. The molecule has 1 atom stereocenters. The van der Waals surface area contributed by atoms with Gasteiger partial charge in [0.05, 0.1) is 5.41 Å². The van der Waals surface area contributed by atoms with Gasteiger partial charge >= 0.3 is 5.97 Å². The van der Waals surface area contributed by atoms with Crippen molar-refractivity contribution < 1.29 is 14.4 Å². The third kappa shape index (κ3) is 3.30. The molecule has 1 rings (SSSR count). The predicted molar refractivity (Wildman–Crippen MR) is 56.0 cm³/mol. The molecular weight excluding hydrogens is 194 g/mol. The SMILES string of the molecule is CC(C)(C)C(=O)ON1CCCC[C@@H]1C=O. The molecule has 0 bridgehead atoms. The van der Waals surface area contributed by atoms with Gasteiger partial charge in [-0.15, -0.1) is 5.06 Å². The Labute approximate surface area is 90.5 Å². The number of nitrogens with zero attached hydrogens (tertiary/aromatic N) is 1. The lowest BCUT2D eigenvalue weighted by Crippen LogP contribution is -2.43. The molecule has 4 nitrogen and oxygen atoms in total. The van der Waals surface area contributed by atoms with Crippen LogP contribution in [0.2, 0.25) is 0 Å². The van der Waals surface area contributed by atoms with E-state index in [1.165, 1.54) is 5.06 Å².